The summed E-state index contributed by atoms with van der Waals surface area (Å²) in [7, 11) is 0. The number of nitrogens with one attached hydrogen (secondary N) is 1. The summed E-state index contributed by atoms with van der Waals surface area (Å²) in [6.07, 6.45) is 2.59. The summed E-state index contributed by atoms with van der Waals surface area (Å²) in [5.41, 5.74) is 6.35. The minimum absolute atomic E-state index is 0.172. The number of anilines is 2. The molecular weight excluding hydrogens is 179 g/mol. The van der Waals surface area contributed by atoms with Crippen molar-refractivity contribution in [2.24, 2.45) is 0 Å². The molecule has 2 nitrogen and oxygen atoms in total. The van der Waals surface area contributed by atoms with Gasteiger partial charge in [-0.15, -0.1) is 6.58 Å². The van der Waals surface area contributed by atoms with E-state index in [1.807, 2.05) is 6.92 Å². The summed E-state index contributed by atoms with van der Waals surface area (Å²) in [6, 6.07) is 4.80. The SMILES string of the molecule is C=CCC(C)Nc1ccc(N)cc1F. The summed E-state index contributed by atoms with van der Waals surface area (Å²) in [4.78, 5) is 0. The number of nitrogens with two attached hydrogens (primary N) is 1. The second-order valence-corrected chi connectivity index (χ2v) is 3.31. The third-order valence-electron chi connectivity index (χ3n) is 1.92. The molecule has 1 aromatic rings. The number of nitrogen functional groups attached to an aromatic ring is 1. The molecule has 0 saturated carbocycles. The van der Waals surface area contributed by atoms with Gasteiger partial charge in [-0.2, -0.15) is 0 Å². The van der Waals surface area contributed by atoms with E-state index in [1.54, 1.807) is 18.2 Å². The molecule has 1 atom stereocenters. The lowest BCUT2D eigenvalue weighted by Gasteiger charge is -2.13. The highest BCUT2D eigenvalue weighted by atomic mass is 19.1. The van der Waals surface area contributed by atoms with Crippen molar-refractivity contribution in [1.82, 2.24) is 0 Å². The first-order valence-corrected chi connectivity index (χ1v) is 4.56. The lowest BCUT2D eigenvalue weighted by molar-refractivity contribution is 0.627. The predicted octanol–water partition coefficient (Wildman–Crippen LogP) is 2.78. The van der Waals surface area contributed by atoms with Crippen molar-refractivity contribution in [2.75, 3.05) is 11.1 Å². The fourth-order valence-corrected chi connectivity index (χ4v) is 1.22. The second kappa shape index (κ2) is 4.65. The molecule has 0 aromatic heterocycles. The van der Waals surface area contributed by atoms with E-state index in [-0.39, 0.29) is 11.9 Å². The Morgan fingerprint density at radius 1 is 1.64 bits per heavy atom. The van der Waals surface area contributed by atoms with Gasteiger partial charge >= 0.3 is 0 Å². The number of hydrogen-bond acceptors (Lipinski definition) is 2. The van der Waals surface area contributed by atoms with Gasteiger partial charge in [-0.3, -0.25) is 0 Å². The predicted molar refractivity (Wildman–Crippen MR) is 58.7 cm³/mol. The highest BCUT2D eigenvalue weighted by Crippen LogP contribution is 2.18. The van der Waals surface area contributed by atoms with Crippen LogP contribution in [0.5, 0.6) is 0 Å². The van der Waals surface area contributed by atoms with Crippen molar-refractivity contribution in [3.63, 3.8) is 0 Å². The standard InChI is InChI=1S/C11H15FN2/c1-3-4-8(2)14-11-6-5-9(13)7-10(11)12/h3,5-8,14H,1,4,13H2,2H3. The highest BCUT2D eigenvalue weighted by molar-refractivity contribution is 5.53. The molecule has 1 unspecified atom stereocenters. The topological polar surface area (TPSA) is 38.0 Å². The summed E-state index contributed by atoms with van der Waals surface area (Å²) >= 11 is 0. The number of benzene rings is 1. The van der Waals surface area contributed by atoms with Crippen molar-refractivity contribution in [1.29, 1.82) is 0 Å². The first-order chi connectivity index (χ1) is 6.63. The first kappa shape index (κ1) is 10.6. The zero-order valence-corrected chi connectivity index (χ0v) is 8.26. The van der Waals surface area contributed by atoms with Crippen molar-refractivity contribution >= 4 is 11.4 Å². The molecule has 0 aliphatic rings. The van der Waals surface area contributed by atoms with Crippen molar-refractivity contribution in [3.05, 3.63) is 36.7 Å². The smallest absolute Gasteiger partial charge is 0.148 e. The largest absolute Gasteiger partial charge is 0.399 e. The van der Waals surface area contributed by atoms with Gasteiger partial charge < -0.3 is 11.1 Å². The molecule has 3 heteroatoms. The Morgan fingerprint density at radius 3 is 2.93 bits per heavy atom. The first-order valence-electron chi connectivity index (χ1n) is 4.56. The molecule has 14 heavy (non-hydrogen) atoms. The molecule has 0 spiro atoms. The van der Waals surface area contributed by atoms with Crippen LogP contribution in [0.4, 0.5) is 15.8 Å². The van der Waals surface area contributed by atoms with Crippen LogP contribution in [0.15, 0.2) is 30.9 Å². The van der Waals surface area contributed by atoms with E-state index in [2.05, 4.69) is 11.9 Å². The molecule has 0 aliphatic carbocycles. The molecule has 3 N–H and O–H groups in total. The molecule has 1 aromatic carbocycles. The molecule has 1 rings (SSSR count). The maximum Gasteiger partial charge on any atom is 0.148 e. The molecule has 0 fully saturated rings. The average Bonchev–Trinajstić information content (AvgIpc) is 2.10. The van der Waals surface area contributed by atoms with Crippen LogP contribution in [0.2, 0.25) is 0 Å². The fourth-order valence-electron chi connectivity index (χ4n) is 1.22. The minimum Gasteiger partial charge on any atom is -0.399 e. The van der Waals surface area contributed by atoms with Gasteiger partial charge in [-0.05, 0) is 31.5 Å². The minimum atomic E-state index is -0.319. The molecule has 0 bridgehead atoms. The van der Waals surface area contributed by atoms with E-state index >= 15 is 0 Å². The Balaban J connectivity index is 2.71. The van der Waals surface area contributed by atoms with Crippen molar-refractivity contribution in [3.8, 4) is 0 Å². The maximum atomic E-state index is 13.3. The van der Waals surface area contributed by atoms with Gasteiger partial charge in [0.25, 0.3) is 0 Å². The van der Waals surface area contributed by atoms with E-state index in [4.69, 9.17) is 5.73 Å². The number of hydrogen-bond donors (Lipinski definition) is 2. The van der Waals surface area contributed by atoms with Crippen molar-refractivity contribution in [2.45, 2.75) is 19.4 Å². The van der Waals surface area contributed by atoms with Gasteiger partial charge in [0.2, 0.25) is 0 Å². The number of rotatable bonds is 4. The van der Waals surface area contributed by atoms with Gasteiger partial charge in [-0.1, -0.05) is 6.08 Å². The van der Waals surface area contributed by atoms with Gasteiger partial charge in [0.1, 0.15) is 5.82 Å². The summed E-state index contributed by atoms with van der Waals surface area (Å²) in [5.74, 6) is -0.319. The van der Waals surface area contributed by atoms with E-state index in [0.29, 0.717) is 11.4 Å². The lowest BCUT2D eigenvalue weighted by atomic mass is 10.2. The van der Waals surface area contributed by atoms with Gasteiger partial charge in [0.15, 0.2) is 0 Å². The molecule has 76 valence electrons. The molecule has 0 amide bonds. The molecular formula is C11H15FN2. The Hall–Kier alpha value is -1.51. The highest BCUT2D eigenvalue weighted by Gasteiger charge is 2.04. The van der Waals surface area contributed by atoms with Crippen LogP contribution in [-0.4, -0.2) is 6.04 Å². The van der Waals surface area contributed by atoms with E-state index in [0.717, 1.165) is 6.42 Å². The normalized spacial score (nSPS) is 12.1. The van der Waals surface area contributed by atoms with Gasteiger partial charge in [0, 0.05) is 11.7 Å². The molecule has 0 heterocycles. The van der Waals surface area contributed by atoms with Crippen LogP contribution >= 0.6 is 0 Å². The third-order valence-corrected chi connectivity index (χ3v) is 1.92. The molecule has 0 saturated heterocycles. The summed E-state index contributed by atoms with van der Waals surface area (Å²) < 4.78 is 13.3. The van der Waals surface area contributed by atoms with Crippen LogP contribution < -0.4 is 11.1 Å². The monoisotopic (exact) mass is 194 g/mol. The lowest BCUT2D eigenvalue weighted by Crippen LogP contribution is -2.14. The van der Waals surface area contributed by atoms with Crippen LogP contribution in [0.3, 0.4) is 0 Å². The Kier molecular flexibility index (Phi) is 3.51. The second-order valence-electron chi connectivity index (χ2n) is 3.31. The Bertz CT molecular complexity index is 323. The Labute approximate surface area is 83.6 Å². The zero-order valence-electron chi connectivity index (χ0n) is 8.26. The summed E-state index contributed by atoms with van der Waals surface area (Å²) in [5, 5.41) is 3.04. The average molecular weight is 194 g/mol. The Morgan fingerprint density at radius 2 is 2.36 bits per heavy atom. The van der Waals surface area contributed by atoms with E-state index in [1.165, 1.54) is 6.07 Å². The number of halogens is 1. The van der Waals surface area contributed by atoms with Crippen molar-refractivity contribution < 1.29 is 4.39 Å². The van der Waals surface area contributed by atoms with Crippen LogP contribution in [0, 0.1) is 5.82 Å². The third kappa shape index (κ3) is 2.76. The maximum absolute atomic E-state index is 13.3. The fraction of sp³-hybridized carbons (Fsp3) is 0.273. The van der Waals surface area contributed by atoms with Crippen LogP contribution in [0.25, 0.3) is 0 Å². The zero-order chi connectivity index (χ0) is 10.6. The molecule has 0 radical (unpaired) electrons. The van der Waals surface area contributed by atoms with E-state index < -0.39 is 0 Å². The van der Waals surface area contributed by atoms with Gasteiger partial charge in [-0.25, -0.2) is 4.39 Å². The van der Waals surface area contributed by atoms with Crippen LogP contribution in [0.1, 0.15) is 13.3 Å². The van der Waals surface area contributed by atoms with E-state index in [9.17, 15) is 4.39 Å². The van der Waals surface area contributed by atoms with Gasteiger partial charge in [0.05, 0.1) is 5.69 Å². The van der Waals surface area contributed by atoms with Crippen LogP contribution in [-0.2, 0) is 0 Å². The molecule has 0 aliphatic heterocycles. The summed E-state index contributed by atoms with van der Waals surface area (Å²) in [6.45, 7) is 5.59. The quantitative estimate of drug-likeness (QED) is 0.571.